The molecule has 0 aliphatic rings. The minimum absolute atomic E-state index is 0.0332. The van der Waals surface area contributed by atoms with Gasteiger partial charge in [0.05, 0.1) is 6.33 Å². The van der Waals surface area contributed by atoms with Gasteiger partial charge in [0.2, 0.25) is 0 Å². The van der Waals surface area contributed by atoms with Gasteiger partial charge in [0.15, 0.2) is 0 Å². The molecule has 0 saturated carbocycles. The van der Waals surface area contributed by atoms with E-state index in [0.29, 0.717) is 12.1 Å². The Kier molecular flexibility index (Phi) is 3.25. The average molecular weight is 268 g/mol. The van der Waals surface area contributed by atoms with Crippen molar-refractivity contribution in [3.8, 4) is 0 Å². The summed E-state index contributed by atoms with van der Waals surface area (Å²) in [4.78, 5) is 19.5. The zero-order chi connectivity index (χ0) is 13.9. The number of carbonyl (C=O) groups excluding carboxylic acids is 1. The average Bonchev–Trinajstić information content (AvgIpc) is 3.08. The predicted octanol–water partition coefficient (Wildman–Crippen LogP) is 2.18. The van der Waals surface area contributed by atoms with E-state index in [-0.39, 0.29) is 11.9 Å². The maximum Gasteiger partial charge on any atom is 0.252 e. The number of benzene rings is 1. The molecule has 0 spiro atoms. The van der Waals surface area contributed by atoms with Crippen molar-refractivity contribution in [2.75, 3.05) is 0 Å². The number of aromatic amines is 1. The van der Waals surface area contributed by atoms with Gasteiger partial charge < -0.3 is 14.9 Å². The molecule has 3 rings (SSSR count). The first-order valence-corrected chi connectivity index (χ1v) is 6.57. The number of hydrogen-bond donors (Lipinski definition) is 2. The fourth-order valence-electron chi connectivity index (χ4n) is 2.34. The number of amides is 1. The SMILES string of the molecule is CC(Cn1ccnc1)NC(=O)c1cccc2[nH]ccc12. The molecule has 0 aliphatic heterocycles. The molecule has 2 aromatic heterocycles. The first-order valence-electron chi connectivity index (χ1n) is 6.57. The summed E-state index contributed by atoms with van der Waals surface area (Å²) >= 11 is 0. The first-order chi connectivity index (χ1) is 9.74. The Labute approximate surface area is 116 Å². The van der Waals surface area contributed by atoms with Crippen LogP contribution in [0.2, 0.25) is 0 Å². The standard InChI is InChI=1S/C15H16N4O/c1-11(9-19-8-7-16-10-19)18-15(20)13-3-2-4-14-12(13)5-6-17-14/h2-8,10-11,17H,9H2,1H3,(H,18,20). The smallest absolute Gasteiger partial charge is 0.252 e. The van der Waals surface area contributed by atoms with E-state index in [1.807, 2.05) is 48.1 Å². The quantitative estimate of drug-likeness (QED) is 0.762. The Morgan fingerprint density at radius 2 is 2.35 bits per heavy atom. The third-order valence-corrected chi connectivity index (χ3v) is 3.26. The lowest BCUT2D eigenvalue weighted by molar-refractivity contribution is 0.0938. The lowest BCUT2D eigenvalue weighted by Gasteiger charge is -2.14. The number of nitrogens with one attached hydrogen (secondary N) is 2. The Hall–Kier alpha value is -2.56. The van der Waals surface area contributed by atoms with Crippen LogP contribution in [0.15, 0.2) is 49.2 Å². The van der Waals surface area contributed by atoms with E-state index in [2.05, 4.69) is 15.3 Å². The summed E-state index contributed by atoms with van der Waals surface area (Å²) < 4.78 is 1.95. The fraction of sp³-hybridized carbons (Fsp3) is 0.200. The molecule has 102 valence electrons. The second kappa shape index (κ2) is 5.21. The van der Waals surface area contributed by atoms with Crippen molar-refractivity contribution in [1.82, 2.24) is 19.9 Å². The van der Waals surface area contributed by atoms with E-state index in [0.717, 1.165) is 10.9 Å². The second-order valence-electron chi connectivity index (χ2n) is 4.88. The second-order valence-corrected chi connectivity index (χ2v) is 4.88. The number of hydrogen-bond acceptors (Lipinski definition) is 2. The molecular formula is C15H16N4O. The van der Waals surface area contributed by atoms with E-state index in [1.54, 1.807) is 12.5 Å². The Morgan fingerprint density at radius 3 is 3.15 bits per heavy atom. The van der Waals surface area contributed by atoms with E-state index in [1.165, 1.54) is 0 Å². The summed E-state index contributed by atoms with van der Waals surface area (Å²) in [5, 5.41) is 3.96. The number of rotatable bonds is 4. The van der Waals surface area contributed by atoms with Crippen molar-refractivity contribution >= 4 is 16.8 Å². The van der Waals surface area contributed by atoms with Gasteiger partial charge >= 0.3 is 0 Å². The normalized spacial score (nSPS) is 12.4. The topological polar surface area (TPSA) is 62.7 Å². The molecule has 0 bridgehead atoms. The molecule has 0 fully saturated rings. The fourth-order valence-corrected chi connectivity index (χ4v) is 2.34. The number of fused-ring (bicyclic) bond motifs is 1. The molecule has 5 nitrogen and oxygen atoms in total. The summed E-state index contributed by atoms with van der Waals surface area (Å²) in [7, 11) is 0. The molecule has 20 heavy (non-hydrogen) atoms. The summed E-state index contributed by atoms with van der Waals surface area (Å²) in [6.45, 7) is 2.68. The van der Waals surface area contributed by atoms with Gasteiger partial charge in [-0.1, -0.05) is 6.07 Å². The third-order valence-electron chi connectivity index (χ3n) is 3.26. The van der Waals surface area contributed by atoms with E-state index in [9.17, 15) is 4.79 Å². The van der Waals surface area contributed by atoms with Crippen molar-refractivity contribution in [3.05, 3.63) is 54.7 Å². The summed E-state index contributed by atoms with van der Waals surface area (Å²) in [6.07, 6.45) is 7.20. The summed E-state index contributed by atoms with van der Waals surface area (Å²) in [5.74, 6) is -0.0529. The van der Waals surface area contributed by atoms with Gasteiger partial charge in [0.25, 0.3) is 5.91 Å². The summed E-state index contributed by atoms with van der Waals surface area (Å²) in [6, 6.07) is 7.64. The van der Waals surface area contributed by atoms with Gasteiger partial charge in [-0.05, 0) is 25.1 Å². The molecule has 0 saturated heterocycles. The zero-order valence-corrected chi connectivity index (χ0v) is 11.2. The van der Waals surface area contributed by atoms with Crippen molar-refractivity contribution in [2.45, 2.75) is 19.5 Å². The van der Waals surface area contributed by atoms with Crippen molar-refractivity contribution < 1.29 is 4.79 Å². The van der Waals surface area contributed by atoms with Gasteiger partial charge in [-0.25, -0.2) is 4.98 Å². The Balaban J connectivity index is 1.74. The van der Waals surface area contributed by atoms with Gasteiger partial charge in [0.1, 0.15) is 0 Å². The van der Waals surface area contributed by atoms with Crippen molar-refractivity contribution in [1.29, 1.82) is 0 Å². The van der Waals surface area contributed by atoms with Gasteiger partial charge in [-0.15, -0.1) is 0 Å². The van der Waals surface area contributed by atoms with Gasteiger partial charge in [-0.3, -0.25) is 4.79 Å². The van der Waals surface area contributed by atoms with E-state index < -0.39 is 0 Å². The molecular weight excluding hydrogens is 252 g/mol. The maximum absolute atomic E-state index is 12.3. The lowest BCUT2D eigenvalue weighted by Crippen LogP contribution is -2.35. The number of imidazole rings is 1. The molecule has 0 aliphatic carbocycles. The molecule has 5 heteroatoms. The maximum atomic E-state index is 12.3. The van der Waals surface area contributed by atoms with E-state index >= 15 is 0 Å². The monoisotopic (exact) mass is 268 g/mol. The molecule has 1 aromatic carbocycles. The van der Waals surface area contributed by atoms with Crippen LogP contribution in [0.4, 0.5) is 0 Å². The van der Waals surface area contributed by atoms with Gasteiger partial charge in [0, 0.05) is 47.6 Å². The molecule has 1 amide bonds. The van der Waals surface area contributed by atoms with Crippen LogP contribution in [-0.2, 0) is 6.54 Å². The van der Waals surface area contributed by atoms with Gasteiger partial charge in [-0.2, -0.15) is 0 Å². The van der Waals surface area contributed by atoms with Crippen LogP contribution in [0.25, 0.3) is 10.9 Å². The molecule has 0 radical (unpaired) electrons. The highest BCUT2D eigenvalue weighted by atomic mass is 16.1. The minimum Gasteiger partial charge on any atom is -0.361 e. The Morgan fingerprint density at radius 1 is 1.45 bits per heavy atom. The van der Waals surface area contributed by atoms with Crippen LogP contribution in [-0.4, -0.2) is 26.5 Å². The molecule has 2 N–H and O–H groups in total. The first kappa shape index (κ1) is 12.5. The van der Waals surface area contributed by atoms with Crippen LogP contribution in [0.1, 0.15) is 17.3 Å². The number of H-pyrrole nitrogens is 1. The summed E-state index contributed by atoms with van der Waals surface area (Å²) in [5.41, 5.74) is 1.67. The number of aromatic nitrogens is 3. The minimum atomic E-state index is -0.0529. The number of carbonyl (C=O) groups is 1. The predicted molar refractivity (Wildman–Crippen MR) is 77.5 cm³/mol. The highest BCUT2D eigenvalue weighted by Crippen LogP contribution is 2.17. The van der Waals surface area contributed by atoms with E-state index in [4.69, 9.17) is 0 Å². The van der Waals surface area contributed by atoms with Crippen LogP contribution < -0.4 is 5.32 Å². The van der Waals surface area contributed by atoms with Crippen molar-refractivity contribution in [3.63, 3.8) is 0 Å². The number of nitrogens with zero attached hydrogens (tertiary/aromatic N) is 2. The van der Waals surface area contributed by atoms with Crippen LogP contribution in [0.5, 0.6) is 0 Å². The highest BCUT2D eigenvalue weighted by Gasteiger charge is 2.13. The third kappa shape index (κ3) is 2.42. The van der Waals surface area contributed by atoms with Crippen molar-refractivity contribution in [2.24, 2.45) is 0 Å². The van der Waals surface area contributed by atoms with Crippen LogP contribution >= 0.6 is 0 Å². The largest absolute Gasteiger partial charge is 0.361 e. The Bertz CT molecular complexity index is 714. The molecule has 3 aromatic rings. The zero-order valence-electron chi connectivity index (χ0n) is 11.2. The lowest BCUT2D eigenvalue weighted by atomic mass is 10.1. The molecule has 1 atom stereocenters. The van der Waals surface area contributed by atoms with Crippen LogP contribution in [0.3, 0.4) is 0 Å². The molecule has 2 heterocycles. The molecule has 1 unspecified atom stereocenters. The van der Waals surface area contributed by atoms with Crippen LogP contribution in [0, 0.1) is 0 Å². The highest BCUT2D eigenvalue weighted by molar-refractivity contribution is 6.06.